The van der Waals surface area contributed by atoms with Gasteiger partial charge in [0, 0.05) is 44.8 Å². The van der Waals surface area contributed by atoms with E-state index in [1.165, 1.54) is 11.3 Å². The summed E-state index contributed by atoms with van der Waals surface area (Å²) in [6.45, 7) is 12.6. The van der Waals surface area contributed by atoms with E-state index in [0.29, 0.717) is 6.04 Å². The first kappa shape index (κ1) is 20.8. The van der Waals surface area contributed by atoms with Gasteiger partial charge < -0.3 is 14.4 Å². The monoisotopic (exact) mass is 406 g/mol. The van der Waals surface area contributed by atoms with Crippen LogP contribution in [-0.4, -0.2) is 62.5 Å². The summed E-state index contributed by atoms with van der Waals surface area (Å²) in [6, 6.07) is 11.1. The third kappa shape index (κ3) is 4.81. The molecular formula is C24H34N6. The number of hydrogen-bond donors (Lipinski definition) is 0. The maximum atomic E-state index is 5.25. The maximum absolute atomic E-state index is 5.25. The van der Waals surface area contributed by atoms with Crippen LogP contribution in [0.15, 0.2) is 47.1 Å². The summed E-state index contributed by atoms with van der Waals surface area (Å²) in [5.74, 6) is 1.91. The lowest BCUT2D eigenvalue weighted by atomic mass is 10.0. The maximum Gasteiger partial charge on any atom is 0.178 e. The molecule has 0 spiro atoms. The molecule has 0 amide bonds. The quantitative estimate of drug-likeness (QED) is 0.777. The van der Waals surface area contributed by atoms with E-state index in [0.717, 1.165) is 75.9 Å². The average Bonchev–Trinajstić information content (AvgIpc) is 3.16. The van der Waals surface area contributed by atoms with Crippen molar-refractivity contribution in [3.8, 4) is 0 Å². The van der Waals surface area contributed by atoms with Crippen LogP contribution in [0, 0.1) is 6.92 Å². The van der Waals surface area contributed by atoms with Gasteiger partial charge in [0.2, 0.25) is 0 Å². The summed E-state index contributed by atoms with van der Waals surface area (Å²) in [5.41, 5.74) is 3.76. The first-order valence-electron chi connectivity index (χ1n) is 11.3. The Labute approximate surface area is 180 Å². The highest BCUT2D eigenvalue weighted by atomic mass is 15.3. The van der Waals surface area contributed by atoms with Crippen molar-refractivity contribution >= 4 is 5.71 Å². The smallest absolute Gasteiger partial charge is 0.178 e. The molecule has 0 N–H and O–H groups in total. The zero-order valence-electron chi connectivity index (χ0n) is 18.6. The molecular weight excluding hydrogens is 372 g/mol. The minimum atomic E-state index is 0.394. The molecule has 4 rings (SSSR count). The molecule has 3 heterocycles. The Hall–Kier alpha value is -2.47. The molecule has 30 heavy (non-hydrogen) atoms. The molecule has 1 saturated heterocycles. The Morgan fingerprint density at radius 1 is 1.03 bits per heavy atom. The van der Waals surface area contributed by atoms with Crippen molar-refractivity contribution in [2.45, 2.75) is 59.2 Å². The molecule has 0 saturated carbocycles. The second-order valence-corrected chi connectivity index (χ2v) is 8.43. The molecule has 6 heteroatoms. The fourth-order valence-electron chi connectivity index (χ4n) is 4.41. The third-order valence-electron chi connectivity index (χ3n) is 6.44. The number of hydrogen-bond acceptors (Lipinski definition) is 5. The lowest BCUT2D eigenvalue weighted by Crippen LogP contribution is -2.35. The zero-order valence-corrected chi connectivity index (χ0v) is 18.6. The molecule has 0 radical (unpaired) electrons. The van der Waals surface area contributed by atoms with Crippen molar-refractivity contribution in [2.75, 3.05) is 26.2 Å². The lowest BCUT2D eigenvalue weighted by Gasteiger charge is -2.29. The minimum absolute atomic E-state index is 0.394. The van der Waals surface area contributed by atoms with Crippen molar-refractivity contribution in [1.82, 2.24) is 24.6 Å². The van der Waals surface area contributed by atoms with E-state index in [2.05, 4.69) is 74.8 Å². The van der Waals surface area contributed by atoms with E-state index in [1.54, 1.807) is 0 Å². The van der Waals surface area contributed by atoms with E-state index in [4.69, 9.17) is 4.99 Å². The van der Waals surface area contributed by atoms with Crippen LogP contribution in [0.3, 0.4) is 0 Å². The van der Waals surface area contributed by atoms with Crippen LogP contribution < -0.4 is 0 Å². The molecule has 0 aliphatic carbocycles. The van der Waals surface area contributed by atoms with E-state index in [9.17, 15) is 0 Å². The van der Waals surface area contributed by atoms with Crippen LogP contribution >= 0.6 is 0 Å². The molecule has 2 aliphatic heterocycles. The molecule has 0 unspecified atom stereocenters. The minimum Gasteiger partial charge on any atom is -0.371 e. The van der Waals surface area contributed by atoms with E-state index < -0.39 is 0 Å². The van der Waals surface area contributed by atoms with E-state index in [1.807, 2.05) is 6.92 Å². The van der Waals surface area contributed by atoms with Crippen LogP contribution in [0.1, 0.15) is 50.3 Å². The Bertz CT molecular complexity index is 890. The Morgan fingerprint density at radius 2 is 1.80 bits per heavy atom. The van der Waals surface area contributed by atoms with Gasteiger partial charge in [-0.3, -0.25) is 4.99 Å². The SMILES string of the molecule is CCN1CCC(N=C2CCN(Cc3ccccc3)C(C)=CCn3c(C)nnc32)CC1. The number of nitrogens with zero attached hydrogens (tertiary/aromatic N) is 6. The predicted molar refractivity (Wildman–Crippen MR) is 122 cm³/mol. The van der Waals surface area contributed by atoms with Gasteiger partial charge in [-0.1, -0.05) is 37.3 Å². The van der Waals surface area contributed by atoms with Crippen LogP contribution in [0.25, 0.3) is 0 Å². The van der Waals surface area contributed by atoms with Gasteiger partial charge in [0.25, 0.3) is 0 Å². The molecule has 0 atom stereocenters. The highest BCUT2D eigenvalue weighted by Gasteiger charge is 2.22. The standard InChI is InChI=1S/C24H34N6/c1-4-28-14-11-22(12-15-28)25-23-13-16-29(18-21-8-6-5-7-9-21)19(2)10-17-30-20(3)26-27-24(23)30/h5-10,22H,4,11-18H2,1-3H3. The van der Waals surface area contributed by atoms with Gasteiger partial charge in [-0.25, -0.2) is 0 Å². The van der Waals surface area contributed by atoms with Gasteiger partial charge in [0.15, 0.2) is 5.82 Å². The zero-order chi connectivity index (χ0) is 20.9. The van der Waals surface area contributed by atoms with E-state index >= 15 is 0 Å². The Morgan fingerprint density at radius 3 is 2.53 bits per heavy atom. The molecule has 1 aromatic heterocycles. The number of aryl methyl sites for hydroxylation is 1. The van der Waals surface area contributed by atoms with Crippen molar-refractivity contribution in [1.29, 1.82) is 0 Å². The summed E-state index contributed by atoms with van der Waals surface area (Å²) in [5, 5.41) is 8.91. The fraction of sp³-hybridized carbons (Fsp3) is 0.542. The lowest BCUT2D eigenvalue weighted by molar-refractivity contribution is 0.224. The first-order chi connectivity index (χ1) is 14.6. The highest BCUT2D eigenvalue weighted by molar-refractivity contribution is 5.98. The highest BCUT2D eigenvalue weighted by Crippen LogP contribution is 2.20. The molecule has 1 fully saturated rings. The third-order valence-corrected chi connectivity index (χ3v) is 6.44. The Balaban J connectivity index is 1.58. The van der Waals surface area contributed by atoms with Crippen molar-refractivity contribution in [3.05, 3.63) is 59.3 Å². The molecule has 6 nitrogen and oxygen atoms in total. The largest absolute Gasteiger partial charge is 0.371 e. The van der Waals surface area contributed by atoms with Crippen molar-refractivity contribution in [3.63, 3.8) is 0 Å². The summed E-state index contributed by atoms with van der Waals surface area (Å²) in [6.07, 6.45) is 5.46. The average molecular weight is 407 g/mol. The number of allylic oxidation sites excluding steroid dienone is 2. The van der Waals surface area contributed by atoms with Crippen LogP contribution in [0.2, 0.25) is 0 Å². The summed E-state index contributed by atoms with van der Waals surface area (Å²) in [7, 11) is 0. The number of rotatable bonds is 4. The van der Waals surface area contributed by atoms with Gasteiger partial charge in [-0.2, -0.15) is 0 Å². The second kappa shape index (κ2) is 9.56. The number of aliphatic imine (C=N–C) groups is 1. The normalized spacial score (nSPS) is 20.4. The van der Waals surface area contributed by atoms with Gasteiger partial charge in [-0.15, -0.1) is 10.2 Å². The number of likely N-dealkylation sites (tertiary alicyclic amines) is 1. The summed E-state index contributed by atoms with van der Waals surface area (Å²) in [4.78, 5) is 10.2. The number of piperidine rings is 1. The molecule has 160 valence electrons. The van der Waals surface area contributed by atoms with Gasteiger partial charge in [0.1, 0.15) is 5.82 Å². The number of benzene rings is 1. The predicted octanol–water partition coefficient (Wildman–Crippen LogP) is 3.67. The molecule has 0 bridgehead atoms. The molecule has 2 aromatic rings. The summed E-state index contributed by atoms with van der Waals surface area (Å²) < 4.78 is 2.22. The first-order valence-corrected chi connectivity index (χ1v) is 11.3. The topological polar surface area (TPSA) is 49.5 Å². The molecule has 2 aliphatic rings. The Kier molecular flexibility index (Phi) is 6.62. The van der Waals surface area contributed by atoms with Crippen molar-refractivity contribution < 1.29 is 0 Å². The van der Waals surface area contributed by atoms with E-state index in [-0.39, 0.29) is 0 Å². The number of aromatic nitrogens is 3. The van der Waals surface area contributed by atoms with Crippen LogP contribution in [0.4, 0.5) is 0 Å². The molecule has 1 aromatic carbocycles. The van der Waals surface area contributed by atoms with Crippen LogP contribution in [-0.2, 0) is 13.1 Å². The van der Waals surface area contributed by atoms with Crippen molar-refractivity contribution in [2.24, 2.45) is 4.99 Å². The van der Waals surface area contributed by atoms with Crippen LogP contribution in [0.5, 0.6) is 0 Å². The van der Waals surface area contributed by atoms with Gasteiger partial charge >= 0.3 is 0 Å². The second-order valence-electron chi connectivity index (χ2n) is 8.43. The van der Waals surface area contributed by atoms with Gasteiger partial charge in [0.05, 0.1) is 11.8 Å². The van der Waals surface area contributed by atoms with Gasteiger partial charge in [-0.05, 0) is 44.9 Å². The number of fused-ring (bicyclic) bond motifs is 1. The fourth-order valence-corrected chi connectivity index (χ4v) is 4.41. The summed E-state index contributed by atoms with van der Waals surface area (Å²) >= 11 is 0.